The molecule has 0 saturated carbocycles. The minimum absolute atomic E-state index is 0.0905. The van der Waals surface area contributed by atoms with E-state index in [1.54, 1.807) is 32.4 Å². The van der Waals surface area contributed by atoms with E-state index in [4.69, 9.17) is 9.47 Å². The molecule has 0 unspecified atom stereocenters. The van der Waals surface area contributed by atoms with Crippen molar-refractivity contribution in [3.63, 3.8) is 0 Å². The number of aliphatic hydroxyl groups is 1. The maximum atomic E-state index is 12.4. The number of rotatable bonds is 6. The number of fused-ring (bicyclic) bond motifs is 1. The van der Waals surface area contributed by atoms with Crippen molar-refractivity contribution in [2.75, 3.05) is 32.6 Å². The van der Waals surface area contributed by atoms with Crippen LogP contribution in [0.4, 0.5) is 5.69 Å². The van der Waals surface area contributed by atoms with Crippen molar-refractivity contribution in [3.05, 3.63) is 35.2 Å². The lowest BCUT2D eigenvalue weighted by Gasteiger charge is -2.26. The van der Waals surface area contributed by atoms with Crippen molar-refractivity contribution in [3.8, 4) is 11.5 Å². The molecule has 140 valence electrons. The number of ether oxygens (including phenoxy) is 2. The number of amides is 1. The monoisotopic (exact) mass is 360 g/mol. The maximum Gasteiger partial charge on any atom is 0.238 e. The Morgan fingerprint density at radius 3 is 2.58 bits per heavy atom. The van der Waals surface area contributed by atoms with Crippen LogP contribution in [0.25, 0.3) is 0 Å². The van der Waals surface area contributed by atoms with E-state index in [2.05, 4.69) is 15.3 Å². The Hall–Kier alpha value is -2.58. The number of nitrogens with one attached hydrogen (secondary N) is 1. The van der Waals surface area contributed by atoms with Gasteiger partial charge < -0.3 is 19.9 Å². The van der Waals surface area contributed by atoms with Crippen molar-refractivity contribution in [1.29, 1.82) is 0 Å². The zero-order valence-electron chi connectivity index (χ0n) is 15.3. The molecule has 0 aliphatic carbocycles. The van der Waals surface area contributed by atoms with Crippen LogP contribution in [0.5, 0.6) is 11.5 Å². The van der Waals surface area contributed by atoms with E-state index in [0.717, 1.165) is 24.2 Å². The van der Waals surface area contributed by atoms with E-state index in [1.807, 2.05) is 11.7 Å². The molecule has 1 aromatic heterocycles. The predicted octanol–water partition coefficient (Wildman–Crippen LogP) is 0.926. The zero-order valence-corrected chi connectivity index (χ0v) is 15.3. The van der Waals surface area contributed by atoms with E-state index >= 15 is 0 Å². The summed E-state index contributed by atoms with van der Waals surface area (Å²) in [5, 5.41) is 16.7. The molecule has 0 spiro atoms. The first-order chi connectivity index (χ1) is 12.5. The van der Waals surface area contributed by atoms with Crippen LogP contribution < -0.4 is 14.8 Å². The van der Waals surface area contributed by atoms with E-state index in [9.17, 15) is 9.90 Å². The Bertz CT molecular complexity index is 780. The molecule has 0 fully saturated rings. The summed E-state index contributed by atoms with van der Waals surface area (Å²) in [6.45, 7) is 1.55. The second-order valence-electron chi connectivity index (χ2n) is 6.26. The molecule has 8 heteroatoms. The van der Waals surface area contributed by atoms with Crippen molar-refractivity contribution in [2.24, 2.45) is 7.05 Å². The van der Waals surface area contributed by atoms with Crippen LogP contribution in [0.2, 0.25) is 0 Å². The molecule has 2 aromatic rings. The number of anilines is 1. The number of nitrogens with zero attached hydrogens (tertiary/aromatic N) is 3. The minimum Gasteiger partial charge on any atom is -0.497 e. The van der Waals surface area contributed by atoms with E-state index in [0.29, 0.717) is 29.4 Å². The molecule has 0 saturated heterocycles. The summed E-state index contributed by atoms with van der Waals surface area (Å²) < 4.78 is 12.3. The van der Waals surface area contributed by atoms with Crippen molar-refractivity contribution >= 4 is 11.6 Å². The van der Waals surface area contributed by atoms with Gasteiger partial charge in [0.15, 0.2) is 0 Å². The van der Waals surface area contributed by atoms with Gasteiger partial charge in [0.05, 0.1) is 33.1 Å². The second-order valence-corrected chi connectivity index (χ2v) is 6.26. The van der Waals surface area contributed by atoms with Crippen LogP contribution in [0.3, 0.4) is 0 Å². The molecule has 26 heavy (non-hydrogen) atoms. The van der Waals surface area contributed by atoms with Crippen LogP contribution in [0.1, 0.15) is 17.0 Å². The first kappa shape index (κ1) is 18.2. The number of aromatic nitrogens is 2. The molecule has 1 aliphatic rings. The fourth-order valence-corrected chi connectivity index (χ4v) is 3.27. The molecule has 1 amide bonds. The van der Waals surface area contributed by atoms with Gasteiger partial charge in [0, 0.05) is 61.7 Å². The first-order valence-corrected chi connectivity index (χ1v) is 8.43. The molecule has 2 heterocycles. The molecule has 0 atom stereocenters. The Morgan fingerprint density at radius 2 is 1.96 bits per heavy atom. The summed E-state index contributed by atoms with van der Waals surface area (Å²) >= 11 is 0. The number of aryl methyl sites for hydroxylation is 1. The quantitative estimate of drug-likeness (QED) is 0.797. The van der Waals surface area contributed by atoms with Gasteiger partial charge in [-0.15, -0.1) is 0 Å². The third kappa shape index (κ3) is 3.81. The van der Waals surface area contributed by atoms with Gasteiger partial charge >= 0.3 is 0 Å². The first-order valence-electron chi connectivity index (χ1n) is 8.43. The largest absolute Gasteiger partial charge is 0.497 e. The zero-order chi connectivity index (χ0) is 18.7. The molecular weight excluding hydrogens is 336 g/mol. The average molecular weight is 360 g/mol. The number of benzene rings is 1. The van der Waals surface area contributed by atoms with Gasteiger partial charge in [-0.1, -0.05) is 0 Å². The highest BCUT2D eigenvalue weighted by molar-refractivity contribution is 5.92. The maximum absolute atomic E-state index is 12.4. The Labute approximate surface area is 152 Å². The highest BCUT2D eigenvalue weighted by Gasteiger charge is 2.24. The summed E-state index contributed by atoms with van der Waals surface area (Å²) in [7, 11) is 5.02. The lowest BCUT2D eigenvalue weighted by atomic mass is 10.1. The standard InChI is InChI=1S/C18H24N4O4/c1-21-17-4-5-22(9-15(17)16(11-23)20-21)10-18(24)19-12-6-13(25-2)8-14(7-12)26-3/h6-8,23H,4-5,9-11H2,1-3H3,(H,19,24). The van der Waals surface area contributed by atoms with Gasteiger partial charge in [-0.3, -0.25) is 14.4 Å². The van der Waals surface area contributed by atoms with Gasteiger partial charge in [-0.25, -0.2) is 0 Å². The molecule has 0 radical (unpaired) electrons. The van der Waals surface area contributed by atoms with Gasteiger partial charge in [0.2, 0.25) is 5.91 Å². The van der Waals surface area contributed by atoms with Gasteiger partial charge in [0.25, 0.3) is 0 Å². The molecule has 2 N–H and O–H groups in total. The van der Waals surface area contributed by atoms with Crippen molar-refractivity contribution < 1.29 is 19.4 Å². The SMILES string of the molecule is COc1cc(NC(=O)CN2CCc3c(c(CO)nn3C)C2)cc(OC)c1. The van der Waals surface area contributed by atoms with Crippen LogP contribution in [0, 0.1) is 0 Å². The Morgan fingerprint density at radius 1 is 1.27 bits per heavy atom. The molecule has 1 aromatic carbocycles. The number of methoxy groups -OCH3 is 2. The van der Waals surface area contributed by atoms with E-state index < -0.39 is 0 Å². The summed E-state index contributed by atoms with van der Waals surface area (Å²) in [5.74, 6) is 1.12. The fraction of sp³-hybridized carbons (Fsp3) is 0.444. The molecule has 3 rings (SSSR count). The number of carbonyl (C=O) groups is 1. The van der Waals surface area contributed by atoms with Crippen molar-refractivity contribution in [2.45, 2.75) is 19.6 Å². The summed E-state index contributed by atoms with van der Waals surface area (Å²) in [6, 6.07) is 5.25. The van der Waals surface area contributed by atoms with Crippen molar-refractivity contribution in [1.82, 2.24) is 14.7 Å². The molecule has 1 aliphatic heterocycles. The number of carbonyl (C=O) groups excluding carboxylic acids is 1. The molecule has 8 nitrogen and oxygen atoms in total. The minimum atomic E-state index is -0.113. The van der Waals surface area contributed by atoms with Crippen LogP contribution >= 0.6 is 0 Å². The normalized spacial score (nSPS) is 14.0. The lowest BCUT2D eigenvalue weighted by molar-refractivity contribution is -0.117. The predicted molar refractivity (Wildman–Crippen MR) is 96.3 cm³/mol. The van der Waals surface area contributed by atoms with E-state index in [1.165, 1.54) is 0 Å². The summed E-state index contributed by atoms with van der Waals surface area (Å²) in [4.78, 5) is 14.5. The average Bonchev–Trinajstić information content (AvgIpc) is 2.96. The van der Waals surface area contributed by atoms with E-state index in [-0.39, 0.29) is 19.1 Å². The van der Waals surface area contributed by atoms with Crippen LogP contribution in [-0.2, 0) is 31.4 Å². The number of hydrogen-bond acceptors (Lipinski definition) is 6. The van der Waals surface area contributed by atoms with Crippen LogP contribution in [0.15, 0.2) is 18.2 Å². The second kappa shape index (κ2) is 7.76. The highest BCUT2D eigenvalue weighted by atomic mass is 16.5. The number of hydrogen-bond donors (Lipinski definition) is 2. The highest BCUT2D eigenvalue weighted by Crippen LogP contribution is 2.26. The Balaban J connectivity index is 1.66. The molecule has 0 bridgehead atoms. The topological polar surface area (TPSA) is 88.9 Å². The van der Waals surface area contributed by atoms with Gasteiger partial charge in [-0.2, -0.15) is 5.10 Å². The Kier molecular flexibility index (Phi) is 5.43. The summed E-state index contributed by atoms with van der Waals surface area (Å²) in [5.41, 5.74) is 3.46. The number of aliphatic hydroxyl groups excluding tert-OH is 1. The lowest BCUT2D eigenvalue weighted by Crippen LogP contribution is -2.37. The summed E-state index contributed by atoms with van der Waals surface area (Å²) in [6.07, 6.45) is 0.805. The molecular formula is C18H24N4O4. The van der Waals surface area contributed by atoms with Gasteiger partial charge in [0.1, 0.15) is 11.5 Å². The third-order valence-corrected chi connectivity index (χ3v) is 4.56. The third-order valence-electron chi connectivity index (χ3n) is 4.56. The van der Waals surface area contributed by atoms with Gasteiger partial charge in [-0.05, 0) is 0 Å². The van der Waals surface area contributed by atoms with Crippen LogP contribution in [-0.4, -0.2) is 53.0 Å². The fourth-order valence-electron chi connectivity index (χ4n) is 3.27. The smallest absolute Gasteiger partial charge is 0.238 e.